The Hall–Kier alpha value is -1.30. The first-order valence-electron chi connectivity index (χ1n) is 6.30. The van der Waals surface area contributed by atoms with Crippen LogP contribution in [0, 0.1) is 0 Å². The fraction of sp³-hybridized carbons (Fsp3) is 0.143. The smallest absolute Gasteiger partial charge is 0.429 e. The Bertz CT molecular complexity index is 707. The SMILES string of the molecule is C[P@](=O)(Nc1ccc(SC(F)(F)F)cc1)Oc1ccc(Cl)cc1. The zero-order valence-electron chi connectivity index (χ0n) is 11.8. The highest BCUT2D eigenvalue weighted by Crippen LogP contribution is 2.44. The normalized spacial score (nSPS) is 14.1. The fourth-order valence-corrected chi connectivity index (χ4v) is 3.54. The van der Waals surface area contributed by atoms with E-state index in [1.54, 1.807) is 24.3 Å². The molecule has 2 aromatic carbocycles. The molecular formula is C14H12ClF3NO2PS. The van der Waals surface area contributed by atoms with Crippen LogP contribution >= 0.6 is 30.9 Å². The predicted octanol–water partition coefficient (Wildman–Crippen LogP) is 6.27. The average Bonchev–Trinajstić information content (AvgIpc) is 2.41. The molecule has 0 saturated carbocycles. The number of anilines is 1. The summed E-state index contributed by atoms with van der Waals surface area (Å²) in [4.78, 5) is 0.0487. The van der Waals surface area contributed by atoms with E-state index >= 15 is 0 Å². The van der Waals surface area contributed by atoms with Gasteiger partial charge in [0.2, 0.25) is 0 Å². The number of hydrogen-bond donors (Lipinski definition) is 1. The third-order valence-corrected chi connectivity index (χ3v) is 4.73. The highest BCUT2D eigenvalue weighted by Gasteiger charge is 2.29. The van der Waals surface area contributed by atoms with Crippen LogP contribution in [-0.2, 0) is 4.57 Å². The van der Waals surface area contributed by atoms with Crippen molar-refractivity contribution in [2.24, 2.45) is 0 Å². The van der Waals surface area contributed by atoms with Crippen LogP contribution in [0.5, 0.6) is 5.75 Å². The van der Waals surface area contributed by atoms with Gasteiger partial charge in [-0.05, 0) is 60.3 Å². The molecule has 124 valence electrons. The van der Waals surface area contributed by atoms with Gasteiger partial charge in [0.15, 0.2) is 0 Å². The second kappa shape index (κ2) is 7.07. The number of alkyl halides is 3. The summed E-state index contributed by atoms with van der Waals surface area (Å²) in [5, 5.41) is 3.20. The minimum absolute atomic E-state index is 0.0487. The van der Waals surface area contributed by atoms with Crippen LogP contribution in [0.2, 0.25) is 5.02 Å². The van der Waals surface area contributed by atoms with E-state index in [2.05, 4.69) is 5.09 Å². The summed E-state index contributed by atoms with van der Waals surface area (Å²) in [6.45, 7) is 1.37. The summed E-state index contributed by atoms with van der Waals surface area (Å²) in [5.74, 6) is 0.372. The molecule has 3 nitrogen and oxygen atoms in total. The molecule has 0 aliphatic rings. The van der Waals surface area contributed by atoms with Crippen molar-refractivity contribution in [1.82, 2.24) is 0 Å². The van der Waals surface area contributed by atoms with Gasteiger partial charge in [-0.15, -0.1) is 0 Å². The van der Waals surface area contributed by atoms with Gasteiger partial charge in [0.1, 0.15) is 5.75 Å². The van der Waals surface area contributed by atoms with Crippen molar-refractivity contribution < 1.29 is 22.3 Å². The van der Waals surface area contributed by atoms with Gasteiger partial charge in [0.05, 0.1) is 0 Å². The molecule has 0 aliphatic carbocycles. The Kier molecular flexibility index (Phi) is 5.55. The van der Waals surface area contributed by atoms with E-state index in [0.29, 0.717) is 16.5 Å². The van der Waals surface area contributed by atoms with Crippen molar-refractivity contribution in [3.63, 3.8) is 0 Å². The van der Waals surface area contributed by atoms with Crippen molar-refractivity contribution in [2.75, 3.05) is 11.8 Å². The Morgan fingerprint density at radius 1 is 1.09 bits per heavy atom. The molecule has 2 rings (SSSR count). The van der Waals surface area contributed by atoms with Crippen LogP contribution in [-0.4, -0.2) is 12.2 Å². The number of rotatable bonds is 5. The second-order valence-corrected chi connectivity index (χ2v) is 8.25. The summed E-state index contributed by atoms with van der Waals surface area (Å²) in [5.41, 5.74) is -3.94. The largest absolute Gasteiger partial charge is 0.446 e. The number of halogens is 4. The molecule has 0 heterocycles. The minimum atomic E-state index is -4.34. The van der Waals surface area contributed by atoms with E-state index in [0.717, 1.165) is 0 Å². The van der Waals surface area contributed by atoms with Crippen molar-refractivity contribution >= 4 is 36.6 Å². The van der Waals surface area contributed by atoms with Gasteiger partial charge in [-0.2, -0.15) is 13.2 Å². The van der Waals surface area contributed by atoms with E-state index in [1.807, 2.05) is 0 Å². The van der Waals surface area contributed by atoms with E-state index in [1.165, 1.54) is 30.9 Å². The molecule has 0 radical (unpaired) electrons. The van der Waals surface area contributed by atoms with Crippen LogP contribution < -0.4 is 9.61 Å². The Balaban J connectivity index is 2.02. The Labute approximate surface area is 140 Å². The number of hydrogen-bond acceptors (Lipinski definition) is 3. The number of benzene rings is 2. The lowest BCUT2D eigenvalue weighted by Crippen LogP contribution is -2.02. The Morgan fingerprint density at radius 3 is 2.17 bits per heavy atom. The lowest BCUT2D eigenvalue weighted by atomic mass is 10.3. The van der Waals surface area contributed by atoms with Crippen molar-refractivity contribution in [3.05, 3.63) is 53.6 Å². The van der Waals surface area contributed by atoms with Crippen LogP contribution in [0.1, 0.15) is 0 Å². The lowest BCUT2D eigenvalue weighted by Gasteiger charge is -2.17. The maximum absolute atomic E-state index is 12.4. The van der Waals surface area contributed by atoms with Gasteiger partial charge in [0, 0.05) is 22.3 Å². The second-order valence-electron chi connectivity index (χ2n) is 4.58. The number of thioether (sulfide) groups is 1. The molecule has 1 N–H and O–H groups in total. The predicted molar refractivity (Wildman–Crippen MR) is 87.6 cm³/mol. The third kappa shape index (κ3) is 6.37. The fourth-order valence-electron chi connectivity index (χ4n) is 1.69. The first kappa shape index (κ1) is 18.0. The van der Waals surface area contributed by atoms with Crippen LogP contribution in [0.15, 0.2) is 53.4 Å². The molecule has 23 heavy (non-hydrogen) atoms. The van der Waals surface area contributed by atoms with Gasteiger partial charge < -0.3 is 9.61 Å². The molecule has 1 atom stereocenters. The lowest BCUT2D eigenvalue weighted by molar-refractivity contribution is -0.0328. The molecule has 0 bridgehead atoms. The molecule has 2 aromatic rings. The van der Waals surface area contributed by atoms with Gasteiger partial charge in [-0.3, -0.25) is 4.57 Å². The molecular weight excluding hydrogens is 370 g/mol. The summed E-state index contributed by atoms with van der Waals surface area (Å²) < 4.78 is 54.5. The molecule has 0 saturated heterocycles. The van der Waals surface area contributed by atoms with Gasteiger partial charge in [-0.1, -0.05) is 11.6 Å². The summed E-state index contributed by atoms with van der Waals surface area (Å²) in [7, 11) is -3.23. The molecule has 0 amide bonds. The van der Waals surface area contributed by atoms with E-state index in [-0.39, 0.29) is 16.7 Å². The quantitative estimate of drug-likeness (QED) is 0.489. The first-order valence-corrected chi connectivity index (χ1v) is 9.56. The monoisotopic (exact) mass is 381 g/mol. The maximum atomic E-state index is 12.4. The summed E-state index contributed by atoms with van der Waals surface area (Å²) >= 11 is 5.54. The van der Waals surface area contributed by atoms with Crippen LogP contribution in [0.25, 0.3) is 0 Å². The van der Waals surface area contributed by atoms with Crippen LogP contribution in [0.4, 0.5) is 18.9 Å². The number of nitrogens with one attached hydrogen (secondary N) is 1. The first-order chi connectivity index (χ1) is 10.6. The van der Waals surface area contributed by atoms with Crippen molar-refractivity contribution in [1.29, 1.82) is 0 Å². The maximum Gasteiger partial charge on any atom is 0.446 e. The molecule has 0 aromatic heterocycles. The van der Waals surface area contributed by atoms with Gasteiger partial charge in [-0.25, -0.2) is 0 Å². The zero-order chi connectivity index (χ0) is 17.1. The van der Waals surface area contributed by atoms with Crippen LogP contribution in [0.3, 0.4) is 0 Å². The molecule has 0 unspecified atom stereocenters. The van der Waals surface area contributed by atoms with Crippen molar-refractivity contribution in [3.8, 4) is 5.75 Å². The Morgan fingerprint density at radius 2 is 1.65 bits per heavy atom. The molecule has 0 fully saturated rings. The topological polar surface area (TPSA) is 38.3 Å². The summed E-state index contributed by atoms with van der Waals surface area (Å²) in [6, 6.07) is 11.8. The standard InChI is InChI=1S/C14H12ClF3NO2PS/c1-22(20,21-12-6-2-10(15)3-7-12)19-11-4-8-13(9-5-11)23-14(16,17)18/h2-9H,1H3,(H,19,20)/t22-/m1/s1. The van der Waals surface area contributed by atoms with Gasteiger partial charge >= 0.3 is 13.0 Å². The molecule has 0 aliphatic heterocycles. The molecule has 0 spiro atoms. The van der Waals surface area contributed by atoms with E-state index in [9.17, 15) is 17.7 Å². The van der Waals surface area contributed by atoms with Gasteiger partial charge in [0.25, 0.3) is 0 Å². The van der Waals surface area contributed by atoms with Crippen molar-refractivity contribution in [2.45, 2.75) is 10.4 Å². The minimum Gasteiger partial charge on any atom is -0.429 e. The highest BCUT2D eigenvalue weighted by atomic mass is 35.5. The summed E-state index contributed by atoms with van der Waals surface area (Å²) in [6.07, 6.45) is 0. The highest BCUT2D eigenvalue weighted by molar-refractivity contribution is 8.00. The average molecular weight is 382 g/mol. The molecule has 9 heteroatoms. The van der Waals surface area contributed by atoms with E-state index in [4.69, 9.17) is 16.1 Å². The third-order valence-electron chi connectivity index (χ3n) is 2.51. The zero-order valence-corrected chi connectivity index (χ0v) is 14.3. The van der Waals surface area contributed by atoms with E-state index < -0.39 is 13.0 Å².